The van der Waals surface area contributed by atoms with Gasteiger partial charge in [0.25, 0.3) is 0 Å². The Balaban J connectivity index is 1.88. The molecule has 6 nitrogen and oxygen atoms in total. The second kappa shape index (κ2) is 5.39. The Morgan fingerprint density at radius 1 is 1.21 bits per heavy atom. The average molecular weight is 279 g/mol. The van der Waals surface area contributed by atoms with Crippen LogP contribution < -0.4 is 4.84 Å². The predicted molar refractivity (Wildman–Crippen MR) is 73.6 cm³/mol. The first-order valence-electron chi connectivity index (χ1n) is 6.11. The summed E-state index contributed by atoms with van der Waals surface area (Å²) in [6.45, 7) is 7.01. The zero-order valence-electron chi connectivity index (χ0n) is 11.3. The summed E-state index contributed by atoms with van der Waals surface area (Å²) >= 11 is 0. The molecule has 1 heterocycles. The Morgan fingerprint density at radius 2 is 1.79 bits per heavy atom. The van der Waals surface area contributed by atoms with Crippen molar-refractivity contribution in [2.24, 2.45) is 0 Å². The van der Waals surface area contributed by atoms with Gasteiger partial charge in [-0.05, 0) is 18.2 Å². The van der Waals surface area contributed by atoms with Crippen LogP contribution in [0.2, 0.25) is 25.7 Å². The summed E-state index contributed by atoms with van der Waals surface area (Å²) in [4.78, 5) is 17.2. The maximum atomic E-state index is 11.4. The fourth-order valence-electron chi connectivity index (χ4n) is 1.41. The SMILES string of the molecule is C[Si](C)(C)CCOC(=O)On1nc2ccccc2n1. The topological polar surface area (TPSA) is 66.2 Å². The van der Waals surface area contributed by atoms with Gasteiger partial charge in [0, 0.05) is 13.0 Å². The van der Waals surface area contributed by atoms with Gasteiger partial charge in [-0.25, -0.2) is 4.79 Å². The predicted octanol–water partition coefficient (Wildman–Crippen LogP) is 2.33. The lowest BCUT2D eigenvalue weighted by Crippen LogP contribution is -2.26. The maximum Gasteiger partial charge on any atom is 0.536 e. The number of nitrogens with zero attached hydrogens (tertiary/aromatic N) is 3. The normalized spacial score (nSPS) is 11.5. The van der Waals surface area contributed by atoms with Crippen molar-refractivity contribution in [3.05, 3.63) is 24.3 Å². The number of carbonyl (C=O) groups excluding carboxylic acids is 1. The highest BCUT2D eigenvalue weighted by Crippen LogP contribution is 2.08. The molecule has 0 aliphatic carbocycles. The van der Waals surface area contributed by atoms with Gasteiger partial charge < -0.3 is 4.74 Å². The van der Waals surface area contributed by atoms with Gasteiger partial charge in [-0.3, -0.25) is 4.84 Å². The summed E-state index contributed by atoms with van der Waals surface area (Å²) in [5, 5.41) is 8.00. The van der Waals surface area contributed by atoms with Gasteiger partial charge >= 0.3 is 6.16 Å². The Bertz CT molecular complexity index is 544. The highest BCUT2D eigenvalue weighted by atomic mass is 28.3. The molecule has 1 aromatic heterocycles. The van der Waals surface area contributed by atoms with E-state index in [4.69, 9.17) is 9.57 Å². The minimum absolute atomic E-state index is 0.370. The zero-order valence-corrected chi connectivity index (χ0v) is 12.3. The van der Waals surface area contributed by atoms with Crippen molar-refractivity contribution in [1.29, 1.82) is 0 Å². The number of aromatic nitrogens is 3. The van der Waals surface area contributed by atoms with E-state index in [-0.39, 0.29) is 0 Å². The third-order valence-corrected chi connectivity index (χ3v) is 4.20. The second-order valence-electron chi connectivity index (χ2n) is 5.44. The van der Waals surface area contributed by atoms with E-state index in [1.807, 2.05) is 12.1 Å². The number of hydrogen-bond donors (Lipinski definition) is 0. The molecule has 0 saturated heterocycles. The molecule has 0 radical (unpaired) electrons. The van der Waals surface area contributed by atoms with Crippen LogP contribution in [0.3, 0.4) is 0 Å². The molecule has 0 aliphatic rings. The lowest BCUT2D eigenvalue weighted by molar-refractivity contribution is 0.0281. The van der Waals surface area contributed by atoms with Crippen LogP contribution in [0, 0.1) is 0 Å². The van der Waals surface area contributed by atoms with Gasteiger partial charge in [-0.2, -0.15) is 0 Å². The molecular formula is C12H17N3O3Si. The summed E-state index contributed by atoms with van der Waals surface area (Å²) in [6.07, 6.45) is -0.779. The van der Waals surface area contributed by atoms with Crippen molar-refractivity contribution in [3.8, 4) is 0 Å². The van der Waals surface area contributed by atoms with Gasteiger partial charge in [0.1, 0.15) is 11.0 Å². The zero-order chi connectivity index (χ0) is 13.9. The number of hydrogen-bond acceptors (Lipinski definition) is 5. The van der Waals surface area contributed by atoms with Crippen LogP contribution in [-0.4, -0.2) is 36.0 Å². The van der Waals surface area contributed by atoms with Gasteiger partial charge in [0.05, 0.1) is 6.61 Å². The number of benzene rings is 1. The van der Waals surface area contributed by atoms with Gasteiger partial charge in [-0.15, -0.1) is 10.2 Å². The molecule has 2 aromatic rings. The van der Waals surface area contributed by atoms with Crippen molar-refractivity contribution in [2.45, 2.75) is 25.7 Å². The van der Waals surface area contributed by atoms with Gasteiger partial charge in [-0.1, -0.05) is 31.8 Å². The molecule has 7 heteroatoms. The van der Waals surface area contributed by atoms with E-state index in [2.05, 4.69) is 29.8 Å². The summed E-state index contributed by atoms with van der Waals surface area (Å²) in [5.41, 5.74) is 1.33. The number of ether oxygens (including phenoxy) is 1. The van der Waals surface area contributed by atoms with E-state index in [0.29, 0.717) is 17.6 Å². The van der Waals surface area contributed by atoms with E-state index in [1.165, 1.54) is 0 Å². The van der Waals surface area contributed by atoms with Crippen LogP contribution in [0.4, 0.5) is 4.79 Å². The van der Waals surface area contributed by atoms with Crippen molar-refractivity contribution >= 4 is 25.3 Å². The summed E-state index contributed by atoms with van der Waals surface area (Å²) in [5.74, 6) is 0. The van der Waals surface area contributed by atoms with E-state index in [0.717, 1.165) is 11.0 Å². The van der Waals surface area contributed by atoms with Crippen LogP contribution in [0.1, 0.15) is 0 Å². The molecule has 0 saturated carbocycles. The highest BCUT2D eigenvalue weighted by molar-refractivity contribution is 6.76. The first-order valence-corrected chi connectivity index (χ1v) is 9.82. The molecular weight excluding hydrogens is 262 g/mol. The van der Waals surface area contributed by atoms with Crippen LogP contribution in [0.15, 0.2) is 24.3 Å². The lowest BCUT2D eigenvalue weighted by atomic mass is 10.3. The third kappa shape index (κ3) is 4.06. The average Bonchev–Trinajstić information content (AvgIpc) is 2.68. The summed E-state index contributed by atoms with van der Waals surface area (Å²) in [7, 11) is -1.21. The maximum absolute atomic E-state index is 11.4. The van der Waals surface area contributed by atoms with Gasteiger partial charge in [0.2, 0.25) is 0 Å². The largest absolute Gasteiger partial charge is 0.536 e. The first kappa shape index (κ1) is 13.5. The minimum Gasteiger partial charge on any atom is -0.433 e. The molecule has 102 valence electrons. The lowest BCUT2D eigenvalue weighted by Gasteiger charge is -2.14. The van der Waals surface area contributed by atoms with E-state index in [9.17, 15) is 4.79 Å². The van der Waals surface area contributed by atoms with Crippen LogP contribution in [0.25, 0.3) is 11.0 Å². The van der Waals surface area contributed by atoms with Crippen LogP contribution in [-0.2, 0) is 4.74 Å². The molecule has 0 spiro atoms. The monoisotopic (exact) mass is 279 g/mol. The van der Waals surface area contributed by atoms with Crippen molar-refractivity contribution < 1.29 is 14.4 Å². The molecule has 0 fully saturated rings. The quantitative estimate of drug-likeness (QED) is 0.635. The second-order valence-corrected chi connectivity index (χ2v) is 11.1. The Hall–Kier alpha value is -1.89. The minimum atomic E-state index is -1.21. The summed E-state index contributed by atoms with van der Waals surface area (Å²) in [6, 6.07) is 8.16. The van der Waals surface area contributed by atoms with Crippen molar-refractivity contribution in [1.82, 2.24) is 15.2 Å². The van der Waals surface area contributed by atoms with E-state index < -0.39 is 14.2 Å². The standard InChI is InChI=1S/C12H17N3O3Si/c1-19(2,3)9-8-17-12(16)18-15-13-10-6-4-5-7-11(10)14-15/h4-7H,8-9H2,1-3H3. The molecule has 2 rings (SSSR count). The highest BCUT2D eigenvalue weighted by Gasteiger charge is 2.15. The molecule has 0 atom stereocenters. The third-order valence-electron chi connectivity index (χ3n) is 2.50. The first-order chi connectivity index (χ1) is 8.94. The number of carbonyl (C=O) groups is 1. The fourth-order valence-corrected chi connectivity index (χ4v) is 2.13. The Morgan fingerprint density at radius 3 is 2.32 bits per heavy atom. The fraction of sp³-hybridized carbons (Fsp3) is 0.417. The molecule has 0 aliphatic heterocycles. The molecule has 0 N–H and O–H groups in total. The van der Waals surface area contributed by atoms with Crippen LogP contribution >= 0.6 is 0 Å². The molecule has 0 unspecified atom stereocenters. The smallest absolute Gasteiger partial charge is 0.433 e. The molecule has 0 amide bonds. The number of fused-ring (bicyclic) bond motifs is 1. The van der Waals surface area contributed by atoms with E-state index >= 15 is 0 Å². The molecule has 19 heavy (non-hydrogen) atoms. The molecule has 0 bridgehead atoms. The van der Waals surface area contributed by atoms with Crippen molar-refractivity contribution in [2.75, 3.05) is 6.61 Å². The summed E-state index contributed by atoms with van der Waals surface area (Å²) < 4.78 is 4.99. The van der Waals surface area contributed by atoms with Crippen LogP contribution in [0.5, 0.6) is 0 Å². The number of rotatable bonds is 4. The van der Waals surface area contributed by atoms with Crippen molar-refractivity contribution in [3.63, 3.8) is 0 Å². The molecule has 1 aromatic carbocycles. The Labute approximate surface area is 112 Å². The van der Waals surface area contributed by atoms with E-state index in [1.54, 1.807) is 12.1 Å². The Kier molecular flexibility index (Phi) is 3.84. The van der Waals surface area contributed by atoms with Gasteiger partial charge in [0.15, 0.2) is 0 Å².